The van der Waals surface area contributed by atoms with Gasteiger partial charge in [-0.3, -0.25) is 4.79 Å². The zero-order valence-electron chi connectivity index (χ0n) is 15.1. The molecule has 0 N–H and O–H groups in total. The summed E-state index contributed by atoms with van der Waals surface area (Å²) in [4.78, 5) is 14.7. The molecule has 0 atom stereocenters. The number of carbonyl (C=O) groups is 1. The van der Waals surface area contributed by atoms with Gasteiger partial charge in [0.05, 0.1) is 4.90 Å². The summed E-state index contributed by atoms with van der Waals surface area (Å²) in [7, 11) is -3.70. The maximum atomic E-state index is 13.1. The minimum absolute atomic E-state index is 0.0581. The van der Waals surface area contributed by atoms with Crippen molar-refractivity contribution >= 4 is 26.7 Å². The van der Waals surface area contributed by atoms with Crippen LogP contribution in [0.5, 0.6) is 0 Å². The van der Waals surface area contributed by atoms with Crippen LogP contribution in [0, 0.1) is 5.82 Å². The molecule has 0 radical (unpaired) electrons. The normalized spacial score (nSPS) is 15.7. The smallest absolute Gasteiger partial charge is 0.254 e. The fourth-order valence-corrected chi connectivity index (χ4v) is 4.89. The van der Waals surface area contributed by atoms with Crippen molar-refractivity contribution < 1.29 is 17.6 Å². The highest BCUT2D eigenvalue weighted by atomic mass is 32.2. The summed E-state index contributed by atoms with van der Waals surface area (Å²) in [5.41, 5.74) is 0.618. The third-order valence-corrected chi connectivity index (χ3v) is 6.91. The lowest BCUT2D eigenvalue weighted by atomic mass is 10.0. The highest BCUT2D eigenvalue weighted by molar-refractivity contribution is 7.89. The van der Waals surface area contributed by atoms with Crippen LogP contribution in [-0.2, 0) is 10.0 Å². The van der Waals surface area contributed by atoms with E-state index in [1.165, 1.54) is 16.4 Å². The molecule has 0 bridgehead atoms. The first kappa shape index (κ1) is 18.6. The fourth-order valence-electron chi connectivity index (χ4n) is 3.47. The van der Waals surface area contributed by atoms with Crippen LogP contribution in [0.15, 0.2) is 71.6 Å². The first-order valence-corrected chi connectivity index (χ1v) is 10.4. The average molecular weight is 398 g/mol. The van der Waals surface area contributed by atoms with Crippen LogP contribution in [0.3, 0.4) is 0 Å². The van der Waals surface area contributed by atoms with E-state index in [1.807, 2.05) is 36.4 Å². The predicted molar refractivity (Wildman–Crippen MR) is 105 cm³/mol. The molecule has 0 spiro atoms. The number of halogens is 1. The number of hydrogen-bond donors (Lipinski definition) is 0. The Hall–Kier alpha value is -2.77. The third kappa shape index (κ3) is 3.39. The van der Waals surface area contributed by atoms with Crippen molar-refractivity contribution in [2.24, 2.45) is 0 Å². The lowest BCUT2D eigenvalue weighted by molar-refractivity contribution is 0.0700. The zero-order valence-corrected chi connectivity index (χ0v) is 15.9. The molecule has 0 unspecified atom stereocenters. The molecule has 28 heavy (non-hydrogen) atoms. The van der Waals surface area contributed by atoms with Crippen molar-refractivity contribution in [3.05, 3.63) is 78.1 Å². The molecular formula is C21H19FN2O3S. The maximum Gasteiger partial charge on any atom is 0.254 e. The van der Waals surface area contributed by atoms with Crippen LogP contribution >= 0.6 is 0 Å². The molecule has 5 nitrogen and oxygen atoms in total. The van der Waals surface area contributed by atoms with Gasteiger partial charge in [-0.2, -0.15) is 4.31 Å². The number of sulfonamides is 1. The van der Waals surface area contributed by atoms with Gasteiger partial charge in [0.15, 0.2) is 0 Å². The fraction of sp³-hybridized carbons (Fsp3) is 0.190. The van der Waals surface area contributed by atoms with Gasteiger partial charge >= 0.3 is 0 Å². The van der Waals surface area contributed by atoms with Gasteiger partial charge in [-0.25, -0.2) is 12.8 Å². The summed E-state index contributed by atoms with van der Waals surface area (Å²) in [5.74, 6) is -0.583. The van der Waals surface area contributed by atoms with Crippen molar-refractivity contribution in [2.75, 3.05) is 26.2 Å². The average Bonchev–Trinajstić information content (AvgIpc) is 2.73. The summed E-state index contributed by atoms with van der Waals surface area (Å²) in [6.45, 7) is 1.03. The van der Waals surface area contributed by atoms with E-state index in [0.29, 0.717) is 18.7 Å². The van der Waals surface area contributed by atoms with E-state index >= 15 is 0 Å². The minimum atomic E-state index is -3.70. The van der Waals surface area contributed by atoms with E-state index in [4.69, 9.17) is 0 Å². The number of rotatable bonds is 3. The molecule has 144 valence electrons. The van der Waals surface area contributed by atoms with Gasteiger partial charge < -0.3 is 4.90 Å². The Morgan fingerprint density at radius 3 is 2.18 bits per heavy atom. The van der Waals surface area contributed by atoms with Crippen molar-refractivity contribution in [3.8, 4) is 0 Å². The SMILES string of the molecule is O=C(c1cccc2ccccc12)N1CCN(S(=O)(=O)c2ccc(F)cc2)CC1. The molecule has 1 aliphatic rings. The van der Waals surface area contributed by atoms with Crippen LogP contribution in [0.1, 0.15) is 10.4 Å². The van der Waals surface area contributed by atoms with Crippen molar-refractivity contribution in [1.82, 2.24) is 9.21 Å². The molecule has 1 heterocycles. The second-order valence-corrected chi connectivity index (χ2v) is 8.61. The molecule has 3 aromatic rings. The van der Waals surface area contributed by atoms with Gasteiger partial charge in [-0.1, -0.05) is 36.4 Å². The number of hydrogen-bond acceptors (Lipinski definition) is 3. The van der Waals surface area contributed by atoms with E-state index in [2.05, 4.69) is 0 Å². The van der Waals surface area contributed by atoms with Crippen LogP contribution in [-0.4, -0.2) is 49.7 Å². The Kier molecular flexibility index (Phi) is 4.87. The van der Waals surface area contributed by atoms with Gasteiger partial charge in [-0.05, 0) is 41.1 Å². The third-order valence-electron chi connectivity index (χ3n) is 5.00. The molecule has 0 aliphatic carbocycles. The summed E-state index contributed by atoms with van der Waals surface area (Å²) >= 11 is 0. The topological polar surface area (TPSA) is 57.7 Å². The highest BCUT2D eigenvalue weighted by Crippen LogP contribution is 2.22. The Morgan fingerprint density at radius 2 is 1.46 bits per heavy atom. The Balaban J connectivity index is 1.51. The van der Waals surface area contributed by atoms with E-state index in [1.54, 1.807) is 11.0 Å². The monoisotopic (exact) mass is 398 g/mol. The molecule has 1 saturated heterocycles. The number of carbonyl (C=O) groups excluding carboxylic acids is 1. The predicted octanol–water partition coefficient (Wildman–Crippen LogP) is 3.13. The van der Waals surface area contributed by atoms with E-state index in [-0.39, 0.29) is 23.9 Å². The number of piperazine rings is 1. The second-order valence-electron chi connectivity index (χ2n) is 6.68. The zero-order chi connectivity index (χ0) is 19.7. The van der Waals surface area contributed by atoms with Crippen molar-refractivity contribution in [3.63, 3.8) is 0 Å². The molecule has 1 amide bonds. The standard InChI is InChI=1S/C21H19FN2O3S/c22-17-8-10-18(11-9-17)28(26,27)24-14-12-23(13-15-24)21(25)20-7-3-5-16-4-1-2-6-19(16)20/h1-11H,12-15H2. The molecule has 7 heteroatoms. The largest absolute Gasteiger partial charge is 0.336 e. The molecule has 1 fully saturated rings. The first-order chi connectivity index (χ1) is 13.5. The second kappa shape index (κ2) is 7.33. The summed E-state index contributed by atoms with van der Waals surface area (Å²) in [6.07, 6.45) is 0. The maximum absolute atomic E-state index is 13.1. The summed E-state index contributed by atoms with van der Waals surface area (Å²) in [5, 5.41) is 1.88. The summed E-state index contributed by atoms with van der Waals surface area (Å²) < 4.78 is 39.9. The number of amides is 1. The molecule has 0 saturated carbocycles. The highest BCUT2D eigenvalue weighted by Gasteiger charge is 2.30. The van der Waals surface area contributed by atoms with E-state index in [9.17, 15) is 17.6 Å². The minimum Gasteiger partial charge on any atom is -0.336 e. The van der Waals surface area contributed by atoms with Gasteiger partial charge in [0.25, 0.3) is 5.91 Å². The van der Waals surface area contributed by atoms with Crippen molar-refractivity contribution in [1.29, 1.82) is 0 Å². The first-order valence-electron chi connectivity index (χ1n) is 8.99. The van der Waals surface area contributed by atoms with Gasteiger partial charge in [0.2, 0.25) is 10.0 Å². The van der Waals surface area contributed by atoms with Crippen LogP contribution in [0.2, 0.25) is 0 Å². The van der Waals surface area contributed by atoms with Gasteiger partial charge in [-0.15, -0.1) is 0 Å². The van der Waals surface area contributed by atoms with Gasteiger partial charge in [0, 0.05) is 31.7 Å². The molecule has 1 aliphatic heterocycles. The van der Waals surface area contributed by atoms with Crippen LogP contribution in [0.25, 0.3) is 10.8 Å². The quantitative estimate of drug-likeness (QED) is 0.681. The van der Waals surface area contributed by atoms with Crippen LogP contribution < -0.4 is 0 Å². The Labute approximate surface area is 163 Å². The Morgan fingerprint density at radius 1 is 0.821 bits per heavy atom. The molecular weight excluding hydrogens is 379 g/mol. The number of nitrogens with zero attached hydrogens (tertiary/aromatic N) is 2. The van der Waals surface area contributed by atoms with E-state index in [0.717, 1.165) is 22.9 Å². The van der Waals surface area contributed by atoms with E-state index < -0.39 is 15.8 Å². The Bertz CT molecular complexity index is 1120. The molecule has 3 aromatic carbocycles. The summed E-state index contributed by atoms with van der Waals surface area (Å²) in [6, 6.07) is 18.1. The lowest BCUT2D eigenvalue weighted by Gasteiger charge is -2.34. The van der Waals surface area contributed by atoms with Crippen LogP contribution in [0.4, 0.5) is 4.39 Å². The van der Waals surface area contributed by atoms with Gasteiger partial charge in [0.1, 0.15) is 5.82 Å². The lowest BCUT2D eigenvalue weighted by Crippen LogP contribution is -2.50. The molecule has 0 aromatic heterocycles. The van der Waals surface area contributed by atoms with Crippen molar-refractivity contribution in [2.45, 2.75) is 4.90 Å². The number of fused-ring (bicyclic) bond motifs is 1. The molecule has 4 rings (SSSR count). The number of benzene rings is 3.